The summed E-state index contributed by atoms with van der Waals surface area (Å²) < 4.78 is 11.4. The van der Waals surface area contributed by atoms with Gasteiger partial charge in [-0.05, 0) is 55.7 Å². The third-order valence-electron chi connectivity index (χ3n) is 3.55. The Morgan fingerprint density at radius 2 is 1.71 bits per heavy atom. The first-order valence-corrected chi connectivity index (χ1v) is 8.29. The van der Waals surface area contributed by atoms with Gasteiger partial charge in [-0.1, -0.05) is 31.2 Å². The molecule has 0 aromatic heterocycles. The molecule has 0 fully saturated rings. The summed E-state index contributed by atoms with van der Waals surface area (Å²) in [4.78, 5) is 12.2. The lowest BCUT2D eigenvalue weighted by molar-refractivity contribution is -0.128. The molecular weight excluding hydrogens is 302 g/mol. The molecule has 0 spiro atoms. The highest BCUT2D eigenvalue weighted by molar-refractivity contribution is 5.81. The van der Waals surface area contributed by atoms with Crippen LogP contribution in [0.2, 0.25) is 0 Å². The first-order valence-electron chi connectivity index (χ1n) is 8.29. The highest BCUT2D eigenvalue weighted by atomic mass is 16.5. The normalized spacial score (nSPS) is 11.6. The van der Waals surface area contributed by atoms with Crippen LogP contribution in [0.4, 0.5) is 0 Å². The molecule has 0 heterocycles. The van der Waals surface area contributed by atoms with Gasteiger partial charge in [-0.15, -0.1) is 0 Å². The molecule has 1 unspecified atom stereocenters. The number of carbonyl (C=O) groups is 1. The van der Waals surface area contributed by atoms with E-state index in [1.165, 1.54) is 0 Å². The maximum absolute atomic E-state index is 12.2. The fourth-order valence-electron chi connectivity index (χ4n) is 2.46. The molecule has 1 N–H and O–H groups in total. The van der Waals surface area contributed by atoms with Crippen molar-refractivity contribution in [2.45, 2.75) is 33.3 Å². The number of ether oxygens (including phenoxy) is 2. The molecule has 4 heteroatoms. The Kier molecular flexibility index (Phi) is 6.67. The van der Waals surface area contributed by atoms with Crippen molar-refractivity contribution in [2.24, 2.45) is 0 Å². The summed E-state index contributed by atoms with van der Waals surface area (Å²) in [5, 5.41) is 2.86. The molecule has 2 rings (SSSR count). The quantitative estimate of drug-likeness (QED) is 0.753. The van der Waals surface area contributed by atoms with Crippen LogP contribution in [0.5, 0.6) is 11.5 Å². The van der Waals surface area contributed by atoms with Crippen LogP contribution in [0.25, 0.3) is 0 Å². The number of para-hydroxylation sites is 1. The van der Waals surface area contributed by atoms with E-state index >= 15 is 0 Å². The average molecular weight is 327 g/mol. The van der Waals surface area contributed by atoms with Crippen LogP contribution in [0.15, 0.2) is 48.5 Å². The first-order chi connectivity index (χ1) is 11.6. The maximum atomic E-state index is 12.2. The number of hydrogen-bond acceptors (Lipinski definition) is 3. The van der Waals surface area contributed by atoms with E-state index in [0.717, 1.165) is 16.9 Å². The zero-order valence-corrected chi connectivity index (χ0v) is 14.5. The van der Waals surface area contributed by atoms with Crippen molar-refractivity contribution in [1.82, 2.24) is 5.32 Å². The van der Waals surface area contributed by atoms with E-state index in [1.54, 1.807) is 0 Å². The Bertz CT molecular complexity index is 635. The Labute approximate surface area is 143 Å². The summed E-state index contributed by atoms with van der Waals surface area (Å²) in [6.45, 7) is 6.87. The molecule has 1 amide bonds. The molecule has 1 atom stereocenters. The van der Waals surface area contributed by atoms with Gasteiger partial charge in [0.25, 0.3) is 5.91 Å². The molecule has 0 bridgehead atoms. The number of amides is 1. The van der Waals surface area contributed by atoms with Crippen LogP contribution < -0.4 is 14.8 Å². The summed E-state index contributed by atoms with van der Waals surface area (Å²) in [5.41, 5.74) is 2.33. The zero-order valence-electron chi connectivity index (χ0n) is 14.5. The van der Waals surface area contributed by atoms with Crippen LogP contribution in [-0.4, -0.2) is 25.2 Å². The minimum atomic E-state index is -0.492. The van der Waals surface area contributed by atoms with Crippen molar-refractivity contribution in [1.29, 1.82) is 0 Å². The number of benzene rings is 2. The number of nitrogens with one attached hydrogen (secondary N) is 1. The summed E-state index contributed by atoms with van der Waals surface area (Å²) in [6, 6.07) is 15.5. The summed E-state index contributed by atoms with van der Waals surface area (Å²) in [7, 11) is 0. The monoisotopic (exact) mass is 327 g/mol. The lowest BCUT2D eigenvalue weighted by atomic mass is 10.1. The van der Waals surface area contributed by atoms with Gasteiger partial charge < -0.3 is 14.8 Å². The van der Waals surface area contributed by atoms with Crippen molar-refractivity contribution in [3.8, 4) is 11.5 Å². The highest BCUT2D eigenvalue weighted by Crippen LogP contribution is 2.16. The lowest BCUT2D eigenvalue weighted by Crippen LogP contribution is -2.39. The van der Waals surface area contributed by atoms with Gasteiger partial charge in [-0.2, -0.15) is 0 Å². The molecule has 2 aromatic carbocycles. The molecule has 0 saturated heterocycles. The molecule has 0 aliphatic carbocycles. The number of aryl methyl sites for hydroxylation is 2. The topological polar surface area (TPSA) is 47.6 Å². The predicted octanol–water partition coefficient (Wildman–Crippen LogP) is 3.66. The zero-order chi connectivity index (χ0) is 17.4. The minimum Gasteiger partial charge on any atom is -0.492 e. The van der Waals surface area contributed by atoms with Crippen LogP contribution >= 0.6 is 0 Å². The van der Waals surface area contributed by atoms with Crippen LogP contribution in [0.1, 0.15) is 24.5 Å². The van der Waals surface area contributed by atoms with Crippen LogP contribution in [0.3, 0.4) is 0 Å². The maximum Gasteiger partial charge on any atom is 0.261 e. The first kappa shape index (κ1) is 17.9. The number of rotatable bonds is 8. The van der Waals surface area contributed by atoms with Crippen LogP contribution in [-0.2, 0) is 4.79 Å². The van der Waals surface area contributed by atoms with Crippen molar-refractivity contribution in [3.63, 3.8) is 0 Å². The smallest absolute Gasteiger partial charge is 0.261 e. The molecule has 4 nitrogen and oxygen atoms in total. The second-order valence-corrected chi connectivity index (χ2v) is 5.79. The van der Waals surface area contributed by atoms with E-state index in [-0.39, 0.29) is 5.91 Å². The number of hydrogen-bond donors (Lipinski definition) is 1. The van der Waals surface area contributed by atoms with Gasteiger partial charge in [0.2, 0.25) is 0 Å². The Morgan fingerprint density at radius 1 is 1.04 bits per heavy atom. The van der Waals surface area contributed by atoms with E-state index < -0.39 is 6.10 Å². The predicted molar refractivity (Wildman–Crippen MR) is 95.6 cm³/mol. The average Bonchev–Trinajstić information content (AvgIpc) is 2.56. The van der Waals surface area contributed by atoms with Crippen molar-refractivity contribution in [2.75, 3.05) is 13.2 Å². The van der Waals surface area contributed by atoms with E-state index in [2.05, 4.69) is 11.4 Å². The molecule has 0 aliphatic heterocycles. The summed E-state index contributed by atoms with van der Waals surface area (Å²) in [5.74, 6) is 1.41. The molecule has 0 saturated carbocycles. The van der Waals surface area contributed by atoms with Crippen LogP contribution in [0, 0.1) is 13.8 Å². The summed E-state index contributed by atoms with van der Waals surface area (Å²) in [6.07, 6.45) is 0.118. The number of carbonyl (C=O) groups excluding carboxylic acids is 1. The van der Waals surface area contributed by atoms with Gasteiger partial charge in [0.15, 0.2) is 6.10 Å². The largest absolute Gasteiger partial charge is 0.492 e. The summed E-state index contributed by atoms with van der Waals surface area (Å²) >= 11 is 0. The van der Waals surface area contributed by atoms with E-state index in [4.69, 9.17) is 9.47 Å². The van der Waals surface area contributed by atoms with Gasteiger partial charge in [0, 0.05) is 0 Å². The van der Waals surface area contributed by atoms with Crippen molar-refractivity contribution < 1.29 is 14.3 Å². The Hall–Kier alpha value is -2.49. The van der Waals surface area contributed by atoms with Crippen molar-refractivity contribution in [3.05, 3.63) is 59.7 Å². The van der Waals surface area contributed by atoms with Crippen molar-refractivity contribution >= 4 is 5.91 Å². The van der Waals surface area contributed by atoms with Gasteiger partial charge in [0.05, 0.1) is 6.54 Å². The van der Waals surface area contributed by atoms with Gasteiger partial charge >= 0.3 is 0 Å². The van der Waals surface area contributed by atoms with Gasteiger partial charge in [-0.25, -0.2) is 0 Å². The highest BCUT2D eigenvalue weighted by Gasteiger charge is 2.17. The molecule has 0 aliphatic rings. The Balaban J connectivity index is 1.77. The fourth-order valence-corrected chi connectivity index (χ4v) is 2.46. The molecule has 2 aromatic rings. The fraction of sp³-hybridized carbons (Fsp3) is 0.350. The van der Waals surface area contributed by atoms with Gasteiger partial charge in [0.1, 0.15) is 18.1 Å². The molecule has 24 heavy (non-hydrogen) atoms. The van der Waals surface area contributed by atoms with Gasteiger partial charge in [-0.3, -0.25) is 4.79 Å². The molecule has 0 radical (unpaired) electrons. The second kappa shape index (κ2) is 8.96. The second-order valence-electron chi connectivity index (χ2n) is 5.79. The SMILES string of the molecule is CCC(Oc1ccccc1)C(=O)NCCOc1cc(C)cc(C)c1. The van der Waals surface area contributed by atoms with E-state index in [1.807, 2.05) is 63.2 Å². The molecule has 128 valence electrons. The third kappa shape index (κ3) is 5.61. The third-order valence-corrected chi connectivity index (χ3v) is 3.55. The lowest BCUT2D eigenvalue weighted by Gasteiger charge is -2.17. The standard InChI is InChI=1S/C20H25NO3/c1-4-19(24-17-8-6-5-7-9-17)20(22)21-10-11-23-18-13-15(2)12-16(3)14-18/h5-9,12-14,19H,4,10-11H2,1-3H3,(H,21,22). The minimum absolute atomic E-state index is 0.120. The van der Waals surface area contributed by atoms with E-state index in [9.17, 15) is 4.79 Å². The molecular formula is C20H25NO3. The van der Waals surface area contributed by atoms with E-state index in [0.29, 0.717) is 25.3 Å². The Morgan fingerprint density at radius 3 is 2.33 bits per heavy atom.